The molecule has 0 bridgehead atoms. The number of ketones is 1. The van der Waals surface area contributed by atoms with Gasteiger partial charge in [-0.05, 0) is 0 Å². The van der Waals surface area contributed by atoms with Gasteiger partial charge in [-0.1, -0.05) is 25.2 Å². The van der Waals surface area contributed by atoms with Crippen molar-refractivity contribution in [1.29, 1.82) is 0 Å². The van der Waals surface area contributed by atoms with Gasteiger partial charge >= 0.3 is 5.97 Å². The molecule has 0 saturated carbocycles. The Morgan fingerprint density at radius 3 is 2.53 bits per heavy atom. The summed E-state index contributed by atoms with van der Waals surface area (Å²) in [6.07, 6.45) is 1.43. The maximum absolute atomic E-state index is 10.8. The molecule has 1 rings (SSSR count). The van der Waals surface area contributed by atoms with Crippen LogP contribution in [-0.4, -0.2) is 28.4 Å². The number of hydrogen-bond acceptors (Lipinski definition) is 5. The zero-order valence-corrected chi connectivity index (χ0v) is 9.72. The van der Waals surface area contributed by atoms with Crippen molar-refractivity contribution in [2.24, 2.45) is 0 Å². The number of carboxylic acids is 1. The van der Waals surface area contributed by atoms with Gasteiger partial charge in [0, 0.05) is 6.92 Å². The van der Waals surface area contributed by atoms with Gasteiger partial charge in [-0.15, -0.1) is 0 Å². The number of carbonyl (C=O) groups is 2. The molecule has 5 nitrogen and oxygen atoms in total. The van der Waals surface area contributed by atoms with E-state index in [1.165, 1.54) is 13.1 Å². The van der Waals surface area contributed by atoms with Crippen LogP contribution in [-0.2, 0) is 4.79 Å². The molecule has 0 atom stereocenters. The molecule has 0 saturated heterocycles. The largest absolute Gasteiger partial charge is 0.480 e. The molecule has 0 radical (unpaired) electrons. The highest BCUT2D eigenvalue weighted by Crippen LogP contribution is 2.17. The van der Waals surface area contributed by atoms with E-state index in [-0.39, 0.29) is 12.3 Å². The van der Waals surface area contributed by atoms with Crippen LogP contribution in [0.25, 0.3) is 0 Å². The number of rotatable bonds is 4. The second-order valence-electron chi connectivity index (χ2n) is 2.33. The second kappa shape index (κ2) is 6.94. The van der Waals surface area contributed by atoms with E-state index in [1.54, 1.807) is 0 Å². The standard InChI is InChI=1S/C7H8N2O3S.C2H6/c1-4(10)5-2-8-7(13-5)9-3-6(11)12;1-2/h2H,3H2,1H3,(H,8,9)(H,11,12);1-2H3. The SMILES string of the molecule is CC.CC(=O)c1cnc(NCC(=O)O)s1. The van der Waals surface area contributed by atoms with E-state index in [0.29, 0.717) is 10.0 Å². The minimum atomic E-state index is -0.959. The zero-order valence-electron chi connectivity index (χ0n) is 8.90. The number of carboxylic acid groups (broad SMARTS) is 1. The van der Waals surface area contributed by atoms with Crippen molar-refractivity contribution >= 4 is 28.2 Å². The Labute approximate surface area is 92.2 Å². The minimum absolute atomic E-state index is 0.0686. The summed E-state index contributed by atoms with van der Waals surface area (Å²) in [6.45, 7) is 5.25. The summed E-state index contributed by atoms with van der Waals surface area (Å²) in [5.74, 6) is -1.03. The fourth-order valence-corrected chi connectivity index (χ4v) is 1.38. The average Bonchev–Trinajstić information content (AvgIpc) is 2.66. The molecule has 2 N–H and O–H groups in total. The zero-order chi connectivity index (χ0) is 11.8. The van der Waals surface area contributed by atoms with E-state index in [4.69, 9.17) is 5.11 Å². The van der Waals surface area contributed by atoms with Crippen LogP contribution in [0, 0.1) is 0 Å². The summed E-state index contributed by atoms with van der Waals surface area (Å²) in [5.41, 5.74) is 0. The van der Waals surface area contributed by atoms with Crippen LogP contribution >= 0.6 is 11.3 Å². The number of carbonyl (C=O) groups excluding carboxylic acids is 1. The van der Waals surface area contributed by atoms with Crippen LogP contribution in [0.5, 0.6) is 0 Å². The molecule has 0 aliphatic heterocycles. The number of nitrogens with zero attached hydrogens (tertiary/aromatic N) is 1. The second-order valence-corrected chi connectivity index (χ2v) is 3.36. The number of anilines is 1. The van der Waals surface area contributed by atoms with Crippen molar-refractivity contribution in [2.75, 3.05) is 11.9 Å². The Morgan fingerprint density at radius 2 is 2.13 bits per heavy atom. The molecular formula is C9H14N2O3S. The van der Waals surface area contributed by atoms with Gasteiger partial charge in [-0.3, -0.25) is 9.59 Å². The fraction of sp³-hybridized carbons (Fsp3) is 0.444. The molecule has 84 valence electrons. The normalized spacial score (nSPS) is 8.73. The fourth-order valence-electron chi connectivity index (χ4n) is 0.670. The predicted octanol–water partition coefficient (Wildman–Crippen LogP) is 1.87. The molecule has 0 aromatic carbocycles. The highest BCUT2D eigenvalue weighted by atomic mass is 32.1. The number of aliphatic carboxylic acids is 1. The van der Waals surface area contributed by atoms with Crippen LogP contribution in [0.1, 0.15) is 30.4 Å². The summed E-state index contributed by atoms with van der Waals surface area (Å²) in [7, 11) is 0. The first-order chi connectivity index (χ1) is 7.09. The first-order valence-corrected chi connectivity index (χ1v) is 5.33. The summed E-state index contributed by atoms with van der Waals surface area (Å²) in [4.78, 5) is 25.3. The Bertz CT molecular complexity index is 336. The van der Waals surface area contributed by atoms with Gasteiger partial charge in [-0.25, -0.2) is 4.98 Å². The van der Waals surface area contributed by atoms with Crippen LogP contribution in [0.4, 0.5) is 5.13 Å². The summed E-state index contributed by atoms with van der Waals surface area (Å²) in [6, 6.07) is 0. The number of Topliss-reactive ketones (excluding diaryl/α,β-unsaturated/α-hetero) is 1. The van der Waals surface area contributed by atoms with Crippen LogP contribution < -0.4 is 5.32 Å². The molecule has 0 unspecified atom stereocenters. The Kier molecular flexibility index (Phi) is 6.28. The van der Waals surface area contributed by atoms with Gasteiger partial charge in [0.15, 0.2) is 10.9 Å². The van der Waals surface area contributed by atoms with Crippen LogP contribution in [0.15, 0.2) is 6.20 Å². The Morgan fingerprint density at radius 1 is 1.53 bits per heavy atom. The van der Waals surface area contributed by atoms with Crippen LogP contribution in [0.2, 0.25) is 0 Å². The molecule has 6 heteroatoms. The lowest BCUT2D eigenvalue weighted by atomic mass is 10.4. The lowest BCUT2D eigenvalue weighted by molar-refractivity contribution is -0.134. The van der Waals surface area contributed by atoms with E-state index in [2.05, 4.69) is 10.3 Å². The van der Waals surface area contributed by atoms with Gasteiger partial charge in [0.2, 0.25) is 0 Å². The predicted molar refractivity (Wildman–Crippen MR) is 59.6 cm³/mol. The van der Waals surface area contributed by atoms with Gasteiger partial charge in [0.1, 0.15) is 6.54 Å². The van der Waals surface area contributed by atoms with Crippen molar-refractivity contribution < 1.29 is 14.7 Å². The smallest absolute Gasteiger partial charge is 0.322 e. The minimum Gasteiger partial charge on any atom is -0.480 e. The van der Waals surface area contributed by atoms with Crippen molar-refractivity contribution in [1.82, 2.24) is 4.98 Å². The van der Waals surface area contributed by atoms with Crippen molar-refractivity contribution in [3.63, 3.8) is 0 Å². The Hall–Kier alpha value is -1.43. The third-order valence-corrected chi connectivity index (χ3v) is 2.30. The molecule has 0 aliphatic carbocycles. The lowest BCUT2D eigenvalue weighted by Crippen LogP contribution is -2.11. The average molecular weight is 230 g/mol. The monoisotopic (exact) mass is 230 g/mol. The molecule has 15 heavy (non-hydrogen) atoms. The van der Waals surface area contributed by atoms with Crippen molar-refractivity contribution in [3.8, 4) is 0 Å². The number of aromatic nitrogens is 1. The quantitative estimate of drug-likeness (QED) is 0.772. The van der Waals surface area contributed by atoms with E-state index < -0.39 is 5.97 Å². The summed E-state index contributed by atoms with van der Waals surface area (Å²) in [5, 5.41) is 11.4. The summed E-state index contributed by atoms with van der Waals surface area (Å²) < 4.78 is 0. The number of hydrogen-bond donors (Lipinski definition) is 2. The maximum Gasteiger partial charge on any atom is 0.322 e. The number of thiazole rings is 1. The first kappa shape index (κ1) is 13.6. The van der Waals surface area contributed by atoms with Gasteiger partial charge < -0.3 is 10.4 Å². The highest BCUT2D eigenvalue weighted by Gasteiger charge is 2.05. The highest BCUT2D eigenvalue weighted by molar-refractivity contribution is 7.17. The topological polar surface area (TPSA) is 79.3 Å². The van der Waals surface area contributed by atoms with Crippen molar-refractivity contribution in [2.45, 2.75) is 20.8 Å². The Balaban J connectivity index is 0.000000921. The molecular weight excluding hydrogens is 216 g/mol. The third-order valence-electron chi connectivity index (χ3n) is 1.24. The number of nitrogens with one attached hydrogen (secondary N) is 1. The van der Waals surface area contributed by atoms with E-state index in [9.17, 15) is 9.59 Å². The van der Waals surface area contributed by atoms with Gasteiger partial charge in [-0.2, -0.15) is 0 Å². The van der Waals surface area contributed by atoms with Crippen LogP contribution in [0.3, 0.4) is 0 Å². The molecule has 0 aliphatic rings. The van der Waals surface area contributed by atoms with E-state index in [0.717, 1.165) is 11.3 Å². The molecule has 0 spiro atoms. The molecule has 0 fully saturated rings. The summed E-state index contributed by atoms with van der Waals surface area (Å²) >= 11 is 1.15. The first-order valence-electron chi connectivity index (χ1n) is 4.52. The van der Waals surface area contributed by atoms with Gasteiger partial charge in [0.25, 0.3) is 0 Å². The molecule has 1 aromatic heterocycles. The third kappa shape index (κ3) is 5.11. The molecule has 1 aromatic rings. The molecule has 1 heterocycles. The molecule has 0 amide bonds. The van der Waals surface area contributed by atoms with Crippen molar-refractivity contribution in [3.05, 3.63) is 11.1 Å². The lowest BCUT2D eigenvalue weighted by Gasteiger charge is -1.94. The van der Waals surface area contributed by atoms with E-state index >= 15 is 0 Å². The van der Waals surface area contributed by atoms with E-state index in [1.807, 2.05) is 13.8 Å². The maximum atomic E-state index is 10.8. The van der Waals surface area contributed by atoms with Gasteiger partial charge in [0.05, 0.1) is 11.1 Å².